The van der Waals surface area contributed by atoms with Crippen molar-refractivity contribution in [2.75, 3.05) is 89.9 Å². The summed E-state index contributed by atoms with van der Waals surface area (Å²) in [7, 11) is 6.26. The number of nitrogens with zero attached hydrogens (tertiary/aromatic N) is 8. The summed E-state index contributed by atoms with van der Waals surface area (Å²) in [5, 5.41) is 1.67. The van der Waals surface area contributed by atoms with Crippen LogP contribution in [0, 0.1) is 17.8 Å². The first-order valence-corrected chi connectivity index (χ1v) is 16.0. The number of likely N-dealkylation sites (tertiary alicyclic amines) is 1. The van der Waals surface area contributed by atoms with E-state index in [9.17, 15) is 9.18 Å². The summed E-state index contributed by atoms with van der Waals surface area (Å²) in [5.41, 5.74) is 2.70. The monoisotopic (exact) mass is 646 g/mol. The Morgan fingerprint density at radius 1 is 1.22 bits per heavy atom. The van der Waals surface area contributed by atoms with Crippen molar-refractivity contribution in [3.8, 4) is 6.01 Å². The zero-order chi connectivity index (χ0) is 32.6. The average Bonchev–Trinajstić information content (AvgIpc) is 3.03. The zero-order valence-electron chi connectivity index (χ0n) is 26.7. The Balaban J connectivity index is 1.35. The van der Waals surface area contributed by atoms with Crippen molar-refractivity contribution in [3.63, 3.8) is 0 Å². The van der Waals surface area contributed by atoms with Crippen LogP contribution in [0.3, 0.4) is 0 Å². The summed E-state index contributed by atoms with van der Waals surface area (Å²) in [4.78, 5) is 36.8. The number of piperazine rings is 1. The maximum absolute atomic E-state index is 14.6. The highest BCUT2D eigenvalue weighted by molar-refractivity contribution is 6.36. The molecule has 0 spiro atoms. The molecule has 2 aromatic carbocycles. The van der Waals surface area contributed by atoms with Crippen LogP contribution in [0.2, 0.25) is 5.02 Å². The molecule has 2 fully saturated rings. The SMILES string of the molecule is [C-]#[N+]C[C@H]1CN(c2nc(OCC3(CN(C)C)CN(C)C3)nc3c2CCN(c2cccc4ccc(F)c(Cl)c24)C3)CCN1C(=O)C=C. The van der Waals surface area contributed by atoms with Gasteiger partial charge >= 0.3 is 6.01 Å². The van der Waals surface area contributed by atoms with Gasteiger partial charge in [-0.2, -0.15) is 9.97 Å². The molecule has 46 heavy (non-hydrogen) atoms. The molecule has 6 rings (SSSR count). The molecule has 3 aromatic rings. The molecule has 0 saturated carbocycles. The maximum atomic E-state index is 14.6. The third-order valence-electron chi connectivity index (χ3n) is 9.19. The number of ether oxygens (including phenoxy) is 1. The Labute approximate surface area is 274 Å². The number of hydrogen-bond acceptors (Lipinski definition) is 8. The van der Waals surface area contributed by atoms with Gasteiger partial charge in [-0.1, -0.05) is 36.4 Å². The molecule has 1 atom stereocenters. The topological polar surface area (TPSA) is 72.6 Å². The first-order chi connectivity index (χ1) is 22.1. The van der Waals surface area contributed by atoms with Crippen molar-refractivity contribution >= 4 is 39.8 Å². The van der Waals surface area contributed by atoms with Gasteiger partial charge in [0.2, 0.25) is 12.5 Å². The molecular formula is C34H40ClFN8O2. The van der Waals surface area contributed by atoms with E-state index in [1.54, 1.807) is 11.0 Å². The van der Waals surface area contributed by atoms with Gasteiger partial charge in [-0.3, -0.25) is 4.79 Å². The molecule has 1 aromatic heterocycles. The number of aromatic nitrogens is 2. The zero-order valence-corrected chi connectivity index (χ0v) is 27.4. The fourth-order valence-corrected chi connectivity index (χ4v) is 7.68. The highest BCUT2D eigenvalue weighted by atomic mass is 35.5. The van der Waals surface area contributed by atoms with Crippen LogP contribution in [0.4, 0.5) is 15.9 Å². The van der Waals surface area contributed by atoms with E-state index in [1.807, 2.05) is 18.2 Å². The number of carbonyl (C=O) groups excluding carboxylic acids is 1. The Morgan fingerprint density at radius 2 is 2.02 bits per heavy atom. The van der Waals surface area contributed by atoms with E-state index in [2.05, 4.69) is 52.2 Å². The van der Waals surface area contributed by atoms with Crippen LogP contribution >= 0.6 is 11.6 Å². The summed E-state index contributed by atoms with van der Waals surface area (Å²) in [6.45, 7) is 17.2. The molecular weight excluding hydrogens is 607 g/mol. The van der Waals surface area contributed by atoms with Gasteiger partial charge in [0.25, 0.3) is 0 Å². The smallest absolute Gasteiger partial charge is 0.318 e. The van der Waals surface area contributed by atoms with Crippen LogP contribution < -0.4 is 14.5 Å². The van der Waals surface area contributed by atoms with E-state index in [4.69, 9.17) is 32.9 Å². The summed E-state index contributed by atoms with van der Waals surface area (Å²) >= 11 is 6.52. The fraction of sp³-hybridized carbons (Fsp3) is 0.471. The maximum Gasteiger partial charge on any atom is 0.318 e. The minimum atomic E-state index is -0.448. The second-order valence-corrected chi connectivity index (χ2v) is 13.4. The third kappa shape index (κ3) is 6.21. The number of rotatable bonds is 9. The van der Waals surface area contributed by atoms with Crippen molar-refractivity contribution in [2.24, 2.45) is 5.41 Å². The van der Waals surface area contributed by atoms with Gasteiger partial charge in [-0.05, 0) is 51.2 Å². The Kier molecular flexibility index (Phi) is 9.06. The molecule has 242 valence electrons. The largest absolute Gasteiger partial charge is 0.463 e. The minimum absolute atomic E-state index is 0.0229. The molecule has 1 amide bonds. The van der Waals surface area contributed by atoms with Crippen molar-refractivity contribution in [2.45, 2.75) is 19.0 Å². The Hall–Kier alpha value is -3.98. The number of fused-ring (bicyclic) bond motifs is 2. The number of hydrogen-bond donors (Lipinski definition) is 0. The van der Waals surface area contributed by atoms with E-state index in [0.29, 0.717) is 57.1 Å². The summed E-state index contributed by atoms with van der Waals surface area (Å²) < 4.78 is 21.0. The van der Waals surface area contributed by atoms with Crippen molar-refractivity contribution in [3.05, 3.63) is 76.5 Å². The van der Waals surface area contributed by atoms with E-state index < -0.39 is 5.82 Å². The van der Waals surface area contributed by atoms with Crippen molar-refractivity contribution in [1.82, 2.24) is 24.7 Å². The van der Waals surface area contributed by atoms with E-state index >= 15 is 0 Å². The van der Waals surface area contributed by atoms with Crippen LogP contribution in [0.15, 0.2) is 43.0 Å². The summed E-state index contributed by atoms with van der Waals surface area (Å²) in [5.74, 6) is 0.171. The van der Waals surface area contributed by atoms with Gasteiger partial charge < -0.3 is 34.1 Å². The Morgan fingerprint density at radius 3 is 2.74 bits per heavy atom. The van der Waals surface area contributed by atoms with Gasteiger partial charge in [-0.25, -0.2) is 11.0 Å². The third-order valence-corrected chi connectivity index (χ3v) is 9.56. The van der Waals surface area contributed by atoms with Gasteiger partial charge in [0.15, 0.2) is 0 Å². The van der Waals surface area contributed by atoms with E-state index in [1.165, 1.54) is 12.1 Å². The van der Waals surface area contributed by atoms with Gasteiger partial charge in [0.05, 0.1) is 17.3 Å². The lowest BCUT2D eigenvalue weighted by Gasteiger charge is -2.49. The van der Waals surface area contributed by atoms with Crippen molar-refractivity contribution in [1.29, 1.82) is 0 Å². The van der Waals surface area contributed by atoms with E-state index in [0.717, 1.165) is 47.8 Å². The molecule has 10 nitrogen and oxygen atoms in total. The lowest BCUT2D eigenvalue weighted by atomic mass is 9.80. The van der Waals surface area contributed by atoms with Crippen LogP contribution in [-0.2, 0) is 17.8 Å². The van der Waals surface area contributed by atoms with Crippen LogP contribution in [0.1, 0.15) is 11.3 Å². The molecule has 3 aliphatic heterocycles. The molecule has 0 bridgehead atoms. The second kappa shape index (κ2) is 13.0. The van der Waals surface area contributed by atoms with Crippen molar-refractivity contribution < 1.29 is 13.9 Å². The first kappa shape index (κ1) is 32.0. The summed E-state index contributed by atoms with van der Waals surface area (Å²) in [6, 6.07) is 9.05. The van der Waals surface area contributed by atoms with E-state index in [-0.39, 0.29) is 28.9 Å². The molecule has 12 heteroatoms. The lowest BCUT2D eigenvalue weighted by Crippen LogP contribution is -2.61. The predicted molar refractivity (Wildman–Crippen MR) is 179 cm³/mol. The molecule has 4 heterocycles. The highest BCUT2D eigenvalue weighted by Gasteiger charge is 2.43. The normalized spacial score (nSPS) is 19.5. The van der Waals surface area contributed by atoms with Crippen LogP contribution in [-0.4, -0.2) is 117 Å². The second-order valence-electron chi connectivity index (χ2n) is 13.0. The molecule has 0 aliphatic carbocycles. The predicted octanol–water partition coefficient (Wildman–Crippen LogP) is 3.98. The lowest BCUT2D eigenvalue weighted by molar-refractivity contribution is -0.128. The minimum Gasteiger partial charge on any atom is -0.463 e. The van der Waals surface area contributed by atoms with Gasteiger partial charge in [0.1, 0.15) is 24.3 Å². The Bertz CT molecular complexity index is 1690. The molecule has 0 unspecified atom stereocenters. The van der Waals surface area contributed by atoms with Gasteiger partial charge in [0, 0.05) is 67.9 Å². The highest BCUT2D eigenvalue weighted by Crippen LogP contribution is 2.38. The number of amides is 1. The molecule has 0 N–H and O–H groups in total. The number of carbonyl (C=O) groups is 1. The quantitative estimate of drug-likeness (QED) is 0.256. The number of anilines is 2. The van der Waals surface area contributed by atoms with Crippen LogP contribution in [0.5, 0.6) is 6.01 Å². The first-order valence-electron chi connectivity index (χ1n) is 15.6. The number of benzene rings is 2. The number of halogens is 2. The average molecular weight is 647 g/mol. The van der Waals surface area contributed by atoms with Gasteiger partial charge in [-0.15, -0.1) is 0 Å². The van der Waals surface area contributed by atoms with Crippen LogP contribution in [0.25, 0.3) is 15.6 Å². The summed E-state index contributed by atoms with van der Waals surface area (Å²) in [6.07, 6.45) is 1.97. The molecule has 3 aliphatic rings. The molecule has 0 radical (unpaired) electrons. The molecule has 2 saturated heterocycles. The standard InChI is InChI=1S/C34H40ClFN8O2/c1-6-29(45)44-15-14-43(17-24(44)16-37-2)32-25-12-13-42(28-9-7-8-23-10-11-26(36)31(35)30(23)28)18-27(25)38-33(39-32)46-22-34(19-40(3)4)20-41(5)21-34/h6-11,24H,1,12-22H2,3-5H3/t24-/m0/s1. The fourth-order valence-electron chi connectivity index (χ4n) is 7.42.